The highest BCUT2D eigenvalue weighted by Crippen LogP contribution is 2.44. The fourth-order valence-corrected chi connectivity index (χ4v) is 2.91. The molecule has 1 aromatic rings. The smallest absolute Gasteiger partial charge is 0.0497 e. The van der Waals surface area contributed by atoms with Crippen molar-refractivity contribution in [2.45, 2.75) is 37.8 Å². The quantitative estimate of drug-likeness (QED) is 0.638. The number of fused-ring (bicyclic) bond motifs is 1. The molecule has 2 fully saturated rings. The number of anilines is 1. The number of hydrogen-bond acceptors (Lipinski definition) is 1. The van der Waals surface area contributed by atoms with E-state index in [4.69, 9.17) is 11.6 Å². The van der Waals surface area contributed by atoms with Crippen LogP contribution in [0.3, 0.4) is 0 Å². The van der Waals surface area contributed by atoms with Crippen molar-refractivity contribution >= 4 is 17.3 Å². The first-order chi connectivity index (χ1) is 6.86. The number of hydrogen-bond donors (Lipinski definition) is 0. The minimum Gasteiger partial charge on any atom is -0.361 e. The first kappa shape index (κ1) is 8.60. The molecule has 2 aliphatic rings. The van der Waals surface area contributed by atoms with E-state index in [1.165, 1.54) is 31.4 Å². The Kier molecular flexibility index (Phi) is 1.94. The van der Waals surface area contributed by atoms with Gasteiger partial charge in [-0.1, -0.05) is 30.5 Å². The van der Waals surface area contributed by atoms with Crippen LogP contribution in [-0.4, -0.2) is 12.1 Å². The topological polar surface area (TPSA) is 3.01 Å². The van der Waals surface area contributed by atoms with Crippen LogP contribution in [0.1, 0.15) is 25.7 Å². The Balaban J connectivity index is 1.84. The van der Waals surface area contributed by atoms with E-state index in [1.54, 1.807) is 0 Å². The molecular weight excluding hydrogens is 194 g/mol. The Hall–Kier alpha value is -0.690. The van der Waals surface area contributed by atoms with Gasteiger partial charge in [-0.05, 0) is 31.0 Å². The van der Waals surface area contributed by atoms with Crippen molar-refractivity contribution in [3.8, 4) is 0 Å². The lowest BCUT2D eigenvalue weighted by Crippen LogP contribution is -2.00. The van der Waals surface area contributed by atoms with Gasteiger partial charge in [-0.3, -0.25) is 0 Å². The van der Waals surface area contributed by atoms with Crippen molar-refractivity contribution in [3.05, 3.63) is 29.3 Å². The van der Waals surface area contributed by atoms with Crippen LogP contribution in [0.2, 0.25) is 5.02 Å². The van der Waals surface area contributed by atoms with Gasteiger partial charge in [0.05, 0.1) is 0 Å². The standard InChI is InChI=1S/C12H14ClN/c13-9-4-3-5-10(8-9)14-11-6-1-2-7-12(11)14/h3-5,8,11-12H,1-2,6-7H2. The average molecular weight is 208 g/mol. The molecule has 1 nitrogen and oxygen atoms in total. The number of rotatable bonds is 1. The zero-order valence-electron chi connectivity index (χ0n) is 8.12. The average Bonchev–Trinajstić information content (AvgIpc) is 2.91. The summed E-state index contributed by atoms with van der Waals surface area (Å²) in [6.45, 7) is 0. The van der Waals surface area contributed by atoms with Crippen LogP contribution >= 0.6 is 11.6 Å². The van der Waals surface area contributed by atoms with Crippen LogP contribution in [0.25, 0.3) is 0 Å². The first-order valence-corrected chi connectivity index (χ1v) is 5.78. The van der Waals surface area contributed by atoms with E-state index in [2.05, 4.69) is 17.0 Å². The Morgan fingerprint density at radius 1 is 1.14 bits per heavy atom. The summed E-state index contributed by atoms with van der Waals surface area (Å²) in [5.74, 6) is 0. The molecule has 0 radical (unpaired) electrons. The molecule has 1 saturated heterocycles. The fraction of sp³-hybridized carbons (Fsp3) is 0.500. The second-order valence-corrected chi connectivity index (χ2v) is 4.74. The van der Waals surface area contributed by atoms with E-state index < -0.39 is 0 Å². The van der Waals surface area contributed by atoms with Gasteiger partial charge in [-0.2, -0.15) is 0 Å². The van der Waals surface area contributed by atoms with Gasteiger partial charge in [0.25, 0.3) is 0 Å². The van der Waals surface area contributed by atoms with Crippen LogP contribution in [0.5, 0.6) is 0 Å². The van der Waals surface area contributed by atoms with E-state index in [9.17, 15) is 0 Å². The summed E-state index contributed by atoms with van der Waals surface area (Å²) in [4.78, 5) is 2.53. The van der Waals surface area contributed by atoms with E-state index in [-0.39, 0.29) is 0 Å². The molecule has 0 spiro atoms. The molecule has 1 saturated carbocycles. The molecule has 1 aliphatic carbocycles. The summed E-state index contributed by atoms with van der Waals surface area (Å²) in [6, 6.07) is 9.88. The van der Waals surface area contributed by atoms with Gasteiger partial charge in [-0.25, -0.2) is 0 Å². The summed E-state index contributed by atoms with van der Waals surface area (Å²) in [5, 5.41) is 0.853. The molecule has 0 aromatic heterocycles. The van der Waals surface area contributed by atoms with Crippen LogP contribution in [0.15, 0.2) is 24.3 Å². The van der Waals surface area contributed by atoms with E-state index >= 15 is 0 Å². The van der Waals surface area contributed by atoms with E-state index in [0.717, 1.165) is 17.1 Å². The van der Waals surface area contributed by atoms with Crippen molar-refractivity contribution in [3.63, 3.8) is 0 Å². The zero-order valence-corrected chi connectivity index (χ0v) is 8.87. The maximum Gasteiger partial charge on any atom is 0.0497 e. The fourth-order valence-electron chi connectivity index (χ4n) is 2.72. The molecule has 2 unspecified atom stereocenters. The molecule has 0 amide bonds. The summed E-state index contributed by atoms with van der Waals surface area (Å²) >= 11 is 5.99. The normalized spacial score (nSPS) is 29.9. The lowest BCUT2D eigenvalue weighted by atomic mass is 10.0. The summed E-state index contributed by atoms with van der Waals surface area (Å²) in [7, 11) is 0. The third-order valence-corrected chi connectivity index (χ3v) is 3.66. The van der Waals surface area contributed by atoms with Gasteiger partial charge in [-0.15, -0.1) is 0 Å². The minimum absolute atomic E-state index is 0.821. The highest BCUT2D eigenvalue weighted by molar-refractivity contribution is 6.30. The molecule has 74 valence electrons. The van der Waals surface area contributed by atoms with E-state index in [0.29, 0.717) is 0 Å². The van der Waals surface area contributed by atoms with Gasteiger partial charge in [0.15, 0.2) is 0 Å². The summed E-state index contributed by atoms with van der Waals surface area (Å²) in [6.07, 6.45) is 5.55. The monoisotopic (exact) mass is 207 g/mol. The third kappa shape index (κ3) is 1.31. The molecule has 0 bridgehead atoms. The lowest BCUT2D eigenvalue weighted by Gasteiger charge is -2.04. The molecule has 1 heterocycles. The Bertz CT molecular complexity index is 338. The predicted octanol–water partition coefficient (Wildman–Crippen LogP) is 3.47. The van der Waals surface area contributed by atoms with Crippen molar-refractivity contribution in [1.29, 1.82) is 0 Å². The van der Waals surface area contributed by atoms with Gasteiger partial charge >= 0.3 is 0 Å². The predicted molar refractivity (Wildman–Crippen MR) is 60.0 cm³/mol. The molecule has 1 aromatic carbocycles. The van der Waals surface area contributed by atoms with Crippen LogP contribution in [-0.2, 0) is 0 Å². The van der Waals surface area contributed by atoms with Crippen molar-refractivity contribution < 1.29 is 0 Å². The second kappa shape index (κ2) is 3.16. The molecule has 2 heteroatoms. The van der Waals surface area contributed by atoms with Gasteiger partial charge in [0.1, 0.15) is 0 Å². The van der Waals surface area contributed by atoms with Gasteiger partial charge in [0.2, 0.25) is 0 Å². The highest BCUT2D eigenvalue weighted by atomic mass is 35.5. The van der Waals surface area contributed by atoms with Gasteiger partial charge < -0.3 is 4.90 Å². The van der Waals surface area contributed by atoms with Crippen molar-refractivity contribution in [2.75, 3.05) is 4.90 Å². The molecular formula is C12H14ClN. The number of nitrogens with zero attached hydrogens (tertiary/aromatic N) is 1. The third-order valence-electron chi connectivity index (χ3n) is 3.43. The maximum absolute atomic E-state index is 5.99. The number of halogens is 1. The minimum atomic E-state index is 0.821. The summed E-state index contributed by atoms with van der Waals surface area (Å²) in [5.41, 5.74) is 1.31. The highest BCUT2D eigenvalue weighted by Gasteiger charge is 2.48. The Labute approximate surface area is 89.7 Å². The molecule has 2 atom stereocenters. The van der Waals surface area contributed by atoms with Crippen LogP contribution < -0.4 is 4.90 Å². The van der Waals surface area contributed by atoms with Crippen molar-refractivity contribution in [2.24, 2.45) is 0 Å². The molecule has 14 heavy (non-hydrogen) atoms. The molecule has 1 aliphatic heterocycles. The van der Waals surface area contributed by atoms with Crippen LogP contribution in [0, 0.1) is 0 Å². The Morgan fingerprint density at radius 2 is 1.86 bits per heavy atom. The molecule has 0 N–H and O–H groups in total. The van der Waals surface area contributed by atoms with Crippen LogP contribution in [0.4, 0.5) is 5.69 Å². The number of benzene rings is 1. The Morgan fingerprint density at radius 3 is 2.50 bits per heavy atom. The second-order valence-electron chi connectivity index (χ2n) is 4.31. The molecule has 3 rings (SSSR count). The largest absolute Gasteiger partial charge is 0.361 e. The van der Waals surface area contributed by atoms with Crippen molar-refractivity contribution in [1.82, 2.24) is 0 Å². The zero-order chi connectivity index (χ0) is 9.54. The first-order valence-electron chi connectivity index (χ1n) is 5.40. The van der Waals surface area contributed by atoms with Gasteiger partial charge in [0, 0.05) is 22.8 Å². The van der Waals surface area contributed by atoms with E-state index in [1.807, 2.05) is 12.1 Å². The summed E-state index contributed by atoms with van der Waals surface area (Å²) < 4.78 is 0. The SMILES string of the molecule is Clc1cccc(N2C3CCCCC32)c1. The lowest BCUT2D eigenvalue weighted by molar-refractivity contribution is 0.571. The maximum atomic E-state index is 5.99.